The topological polar surface area (TPSA) is 9.23 Å². The van der Waals surface area contributed by atoms with E-state index in [1.54, 1.807) is 0 Å². The summed E-state index contributed by atoms with van der Waals surface area (Å²) in [5, 5.41) is 1.39. The van der Waals surface area contributed by atoms with Gasteiger partial charge in [0.1, 0.15) is 5.75 Å². The van der Waals surface area contributed by atoms with Crippen LogP contribution < -0.4 is 9.92 Å². The SMILES string of the molecule is CCOc1ccc([Si](C)(C)CCl)cc1. The lowest BCUT2D eigenvalue weighted by molar-refractivity contribution is 0.340. The van der Waals surface area contributed by atoms with Crippen molar-refractivity contribution in [2.24, 2.45) is 0 Å². The minimum atomic E-state index is -1.39. The van der Waals surface area contributed by atoms with E-state index in [9.17, 15) is 0 Å². The van der Waals surface area contributed by atoms with Gasteiger partial charge in [-0.3, -0.25) is 0 Å². The first-order valence-electron chi connectivity index (χ1n) is 4.89. The fourth-order valence-electron chi connectivity index (χ4n) is 1.25. The molecule has 0 unspecified atom stereocenters. The summed E-state index contributed by atoms with van der Waals surface area (Å²) in [7, 11) is -1.39. The minimum Gasteiger partial charge on any atom is -0.494 e. The van der Waals surface area contributed by atoms with Crippen LogP contribution in [0.3, 0.4) is 0 Å². The molecule has 0 aliphatic rings. The first-order chi connectivity index (χ1) is 6.60. The van der Waals surface area contributed by atoms with Gasteiger partial charge in [0.15, 0.2) is 0 Å². The highest BCUT2D eigenvalue weighted by molar-refractivity contribution is 6.94. The molecule has 0 atom stereocenters. The number of halogens is 1. The molecule has 1 aromatic carbocycles. The monoisotopic (exact) mass is 228 g/mol. The number of benzene rings is 1. The van der Waals surface area contributed by atoms with E-state index in [1.807, 2.05) is 19.1 Å². The maximum absolute atomic E-state index is 5.96. The Morgan fingerprint density at radius 2 is 1.79 bits per heavy atom. The Labute approximate surface area is 92.1 Å². The lowest BCUT2D eigenvalue weighted by Gasteiger charge is -2.19. The molecule has 0 bridgehead atoms. The number of alkyl halides is 1. The number of ether oxygens (including phenoxy) is 1. The summed E-state index contributed by atoms with van der Waals surface area (Å²) >= 11 is 5.96. The van der Waals surface area contributed by atoms with Gasteiger partial charge in [-0.2, -0.15) is 0 Å². The predicted octanol–water partition coefficient (Wildman–Crippen LogP) is 2.78. The standard InChI is InChI=1S/C11H17ClOSi/c1-4-13-10-5-7-11(8-6-10)14(2,3)9-12/h5-8H,4,9H2,1-3H3. The van der Waals surface area contributed by atoms with E-state index in [1.165, 1.54) is 5.19 Å². The molecule has 0 N–H and O–H groups in total. The minimum absolute atomic E-state index is 0.718. The van der Waals surface area contributed by atoms with E-state index in [2.05, 4.69) is 25.2 Å². The molecule has 0 amide bonds. The zero-order valence-electron chi connectivity index (χ0n) is 9.01. The molecule has 1 nitrogen and oxygen atoms in total. The number of hydrogen-bond donors (Lipinski definition) is 0. The Bertz CT molecular complexity index is 282. The second-order valence-electron chi connectivity index (χ2n) is 3.97. The maximum Gasteiger partial charge on any atom is 0.119 e. The molecule has 0 saturated carbocycles. The Kier molecular flexibility index (Phi) is 4.02. The van der Waals surface area contributed by atoms with Crippen LogP contribution in [0.4, 0.5) is 0 Å². The fourth-order valence-corrected chi connectivity index (χ4v) is 2.93. The molecule has 0 spiro atoms. The first-order valence-corrected chi connectivity index (χ1v) is 8.63. The lowest BCUT2D eigenvalue weighted by Crippen LogP contribution is -2.43. The molecule has 0 fully saturated rings. The summed E-state index contributed by atoms with van der Waals surface area (Å²) in [6, 6.07) is 8.33. The average Bonchev–Trinajstić information content (AvgIpc) is 2.19. The quantitative estimate of drug-likeness (QED) is 0.569. The van der Waals surface area contributed by atoms with Crippen LogP contribution >= 0.6 is 11.6 Å². The third-order valence-electron chi connectivity index (χ3n) is 2.28. The largest absolute Gasteiger partial charge is 0.494 e. The Morgan fingerprint density at radius 1 is 1.21 bits per heavy atom. The van der Waals surface area contributed by atoms with Crippen LogP contribution in [0.2, 0.25) is 13.1 Å². The number of rotatable bonds is 4. The molecule has 0 aliphatic heterocycles. The van der Waals surface area contributed by atoms with Gasteiger partial charge in [0.05, 0.1) is 14.7 Å². The summed E-state index contributed by atoms with van der Waals surface area (Å²) in [5.41, 5.74) is 0.765. The average molecular weight is 229 g/mol. The van der Waals surface area contributed by atoms with Gasteiger partial charge in [-0.15, -0.1) is 11.6 Å². The van der Waals surface area contributed by atoms with Crippen molar-refractivity contribution in [3.63, 3.8) is 0 Å². The molecule has 0 heterocycles. The molecular formula is C11H17ClOSi. The van der Waals surface area contributed by atoms with Gasteiger partial charge in [-0.25, -0.2) is 0 Å². The normalized spacial score (nSPS) is 11.4. The summed E-state index contributed by atoms with van der Waals surface area (Å²) in [5.74, 6) is 0.940. The molecule has 1 aromatic rings. The zero-order valence-corrected chi connectivity index (χ0v) is 10.8. The highest BCUT2D eigenvalue weighted by atomic mass is 35.5. The maximum atomic E-state index is 5.96. The molecular weight excluding hydrogens is 212 g/mol. The van der Waals surface area contributed by atoms with E-state index in [0.717, 1.165) is 17.9 Å². The Hall–Kier alpha value is -0.473. The lowest BCUT2D eigenvalue weighted by atomic mass is 10.3. The zero-order chi connectivity index (χ0) is 10.6. The molecule has 0 aromatic heterocycles. The van der Waals surface area contributed by atoms with Gasteiger partial charge < -0.3 is 4.74 Å². The molecule has 0 aliphatic carbocycles. The summed E-state index contributed by atoms with van der Waals surface area (Å²) in [6.07, 6.45) is 0. The van der Waals surface area contributed by atoms with Crippen LogP contribution in [0.1, 0.15) is 6.92 Å². The van der Waals surface area contributed by atoms with E-state index < -0.39 is 8.07 Å². The van der Waals surface area contributed by atoms with Crippen molar-refractivity contribution in [2.45, 2.75) is 20.0 Å². The van der Waals surface area contributed by atoms with E-state index in [4.69, 9.17) is 16.3 Å². The van der Waals surface area contributed by atoms with Gasteiger partial charge in [-0.05, 0) is 19.1 Å². The highest BCUT2D eigenvalue weighted by Gasteiger charge is 2.21. The van der Waals surface area contributed by atoms with Crippen molar-refractivity contribution in [1.29, 1.82) is 0 Å². The van der Waals surface area contributed by atoms with Crippen molar-refractivity contribution in [1.82, 2.24) is 0 Å². The predicted molar refractivity (Wildman–Crippen MR) is 65.4 cm³/mol. The highest BCUT2D eigenvalue weighted by Crippen LogP contribution is 2.11. The van der Waals surface area contributed by atoms with Crippen LogP contribution in [0.15, 0.2) is 24.3 Å². The van der Waals surface area contributed by atoms with Gasteiger partial charge in [-0.1, -0.05) is 30.4 Å². The fraction of sp³-hybridized carbons (Fsp3) is 0.455. The van der Waals surface area contributed by atoms with Gasteiger partial charge in [0, 0.05) is 5.50 Å². The van der Waals surface area contributed by atoms with Gasteiger partial charge in [0.2, 0.25) is 0 Å². The second kappa shape index (κ2) is 4.85. The second-order valence-corrected chi connectivity index (χ2v) is 9.39. The molecule has 0 saturated heterocycles. The van der Waals surface area contributed by atoms with E-state index in [-0.39, 0.29) is 0 Å². The van der Waals surface area contributed by atoms with Crippen LogP contribution in [0.5, 0.6) is 5.75 Å². The molecule has 1 rings (SSSR count). The molecule has 3 heteroatoms. The van der Waals surface area contributed by atoms with Gasteiger partial charge in [0.25, 0.3) is 0 Å². The third kappa shape index (κ3) is 2.76. The van der Waals surface area contributed by atoms with Crippen LogP contribution in [-0.2, 0) is 0 Å². The van der Waals surface area contributed by atoms with Crippen molar-refractivity contribution in [2.75, 3.05) is 12.1 Å². The van der Waals surface area contributed by atoms with Crippen LogP contribution in [0.25, 0.3) is 0 Å². The van der Waals surface area contributed by atoms with Crippen molar-refractivity contribution >= 4 is 24.9 Å². The van der Waals surface area contributed by atoms with E-state index >= 15 is 0 Å². The molecule has 14 heavy (non-hydrogen) atoms. The summed E-state index contributed by atoms with van der Waals surface area (Å²) in [6.45, 7) is 7.26. The van der Waals surface area contributed by atoms with Gasteiger partial charge >= 0.3 is 0 Å². The van der Waals surface area contributed by atoms with Crippen molar-refractivity contribution in [3.05, 3.63) is 24.3 Å². The Morgan fingerprint density at radius 3 is 2.21 bits per heavy atom. The summed E-state index contributed by atoms with van der Waals surface area (Å²) in [4.78, 5) is 0. The summed E-state index contributed by atoms with van der Waals surface area (Å²) < 4.78 is 5.39. The van der Waals surface area contributed by atoms with Crippen LogP contribution in [-0.4, -0.2) is 20.2 Å². The van der Waals surface area contributed by atoms with Crippen LogP contribution in [0, 0.1) is 0 Å². The van der Waals surface area contributed by atoms with Crippen molar-refractivity contribution < 1.29 is 4.74 Å². The number of hydrogen-bond acceptors (Lipinski definition) is 1. The Balaban J connectivity index is 2.82. The third-order valence-corrected chi connectivity index (χ3v) is 6.85. The molecule has 78 valence electrons. The first kappa shape index (κ1) is 11.6. The van der Waals surface area contributed by atoms with Crippen molar-refractivity contribution in [3.8, 4) is 5.75 Å². The smallest absolute Gasteiger partial charge is 0.119 e. The molecule has 0 radical (unpaired) electrons. The van der Waals surface area contributed by atoms with E-state index in [0.29, 0.717) is 0 Å².